The number of hydrogen-bond donors (Lipinski definition) is 1. The van der Waals surface area contributed by atoms with E-state index in [0.29, 0.717) is 0 Å². The predicted octanol–water partition coefficient (Wildman–Crippen LogP) is 2.09. The molecule has 4 nitrogen and oxygen atoms in total. The van der Waals surface area contributed by atoms with Crippen molar-refractivity contribution in [1.82, 2.24) is 9.88 Å². The highest BCUT2D eigenvalue weighted by atomic mass is 35.5. The number of pyridine rings is 1. The average molecular weight is 299 g/mol. The lowest BCUT2D eigenvalue weighted by Gasteiger charge is -2.21. The Kier molecular flexibility index (Phi) is 5.71. The van der Waals surface area contributed by atoms with E-state index in [1.807, 2.05) is 0 Å². The molecule has 0 saturated carbocycles. The van der Waals surface area contributed by atoms with Gasteiger partial charge in [0.15, 0.2) is 0 Å². The van der Waals surface area contributed by atoms with Crippen LogP contribution in [0.25, 0.3) is 0 Å². The van der Waals surface area contributed by atoms with E-state index in [-0.39, 0.29) is 22.3 Å². The van der Waals surface area contributed by atoms with Crippen molar-refractivity contribution in [2.24, 2.45) is 0 Å². The smallest absolute Gasteiger partial charge is 0.255 e. The van der Waals surface area contributed by atoms with Crippen molar-refractivity contribution in [1.29, 1.82) is 0 Å². The van der Waals surface area contributed by atoms with Gasteiger partial charge in [0.25, 0.3) is 12.3 Å². The molecule has 1 rings (SSSR count). The molecule has 8 heteroatoms. The molecule has 18 heavy (non-hydrogen) atoms. The SMILES string of the molecule is O=C(c1cc(Cl)ncc1Cl)N(CCO)CC(F)F. The summed E-state index contributed by atoms with van der Waals surface area (Å²) in [6.45, 7) is -1.41. The Morgan fingerprint density at radius 3 is 2.72 bits per heavy atom. The van der Waals surface area contributed by atoms with Gasteiger partial charge in [0.1, 0.15) is 5.15 Å². The van der Waals surface area contributed by atoms with Gasteiger partial charge in [0.2, 0.25) is 0 Å². The number of carbonyl (C=O) groups is 1. The summed E-state index contributed by atoms with van der Waals surface area (Å²) in [4.78, 5) is 16.4. The fraction of sp³-hybridized carbons (Fsp3) is 0.400. The van der Waals surface area contributed by atoms with E-state index in [9.17, 15) is 13.6 Å². The van der Waals surface area contributed by atoms with Crippen LogP contribution < -0.4 is 0 Å². The Labute approximate surface area is 112 Å². The fourth-order valence-corrected chi connectivity index (χ4v) is 1.65. The summed E-state index contributed by atoms with van der Waals surface area (Å²) in [6, 6.07) is 1.20. The van der Waals surface area contributed by atoms with E-state index in [2.05, 4.69) is 4.98 Å². The fourth-order valence-electron chi connectivity index (χ4n) is 1.31. The van der Waals surface area contributed by atoms with E-state index < -0.39 is 25.5 Å². The van der Waals surface area contributed by atoms with Crippen LogP contribution in [-0.2, 0) is 0 Å². The van der Waals surface area contributed by atoms with Gasteiger partial charge in [0, 0.05) is 12.7 Å². The van der Waals surface area contributed by atoms with Crippen LogP contribution in [-0.4, -0.2) is 47.0 Å². The molecule has 0 spiro atoms. The molecule has 1 amide bonds. The van der Waals surface area contributed by atoms with Crippen LogP contribution in [0.3, 0.4) is 0 Å². The zero-order valence-corrected chi connectivity index (χ0v) is 10.6. The lowest BCUT2D eigenvalue weighted by molar-refractivity contribution is 0.0509. The molecule has 1 aromatic heterocycles. The second-order valence-electron chi connectivity index (χ2n) is 3.35. The molecule has 0 aliphatic heterocycles. The first kappa shape index (κ1) is 15.1. The molecule has 0 aliphatic rings. The van der Waals surface area contributed by atoms with Crippen LogP contribution in [0, 0.1) is 0 Å². The Morgan fingerprint density at radius 1 is 1.50 bits per heavy atom. The first-order valence-corrected chi connectivity index (χ1v) is 5.70. The monoisotopic (exact) mass is 298 g/mol. The van der Waals surface area contributed by atoms with Gasteiger partial charge in [-0.2, -0.15) is 0 Å². The molecule has 0 fully saturated rings. The predicted molar refractivity (Wildman–Crippen MR) is 63.3 cm³/mol. The molecule has 100 valence electrons. The summed E-state index contributed by atoms with van der Waals surface area (Å²) < 4.78 is 24.6. The summed E-state index contributed by atoms with van der Waals surface area (Å²) in [6.07, 6.45) is -1.53. The highest BCUT2D eigenvalue weighted by Crippen LogP contribution is 2.20. The third kappa shape index (κ3) is 4.04. The van der Waals surface area contributed by atoms with Gasteiger partial charge < -0.3 is 10.0 Å². The Balaban J connectivity index is 2.97. The van der Waals surface area contributed by atoms with E-state index in [4.69, 9.17) is 28.3 Å². The Bertz CT molecular complexity index is 432. The van der Waals surface area contributed by atoms with Gasteiger partial charge in [-0.05, 0) is 6.07 Å². The number of aromatic nitrogens is 1. The second kappa shape index (κ2) is 6.82. The van der Waals surface area contributed by atoms with Crippen molar-refractivity contribution in [2.75, 3.05) is 19.7 Å². The number of amides is 1. The highest BCUT2D eigenvalue weighted by Gasteiger charge is 2.21. The van der Waals surface area contributed by atoms with Gasteiger partial charge in [-0.3, -0.25) is 4.79 Å². The number of aliphatic hydroxyl groups is 1. The minimum atomic E-state index is -2.70. The van der Waals surface area contributed by atoms with Gasteiger partial charge in [-0.1, -0.05) is 23.2 Å². The number of nitrogens with zero attached hydrogens (tertiary/aromatic N) is 2. The highest BCUT2D eigenvalue weighted by molar-refractivity contribution is 6.35. The molecule has 0 aromatic carbocycles. The van der Waals surface area contributed by atoms with Crippen LogP contribution in [0.1, 0.15) is 10.4 Å². The van der Waals surface area contributed by atoms with Crippen molar-refractivity contribution in [3.8, 4) is 0 Å². The van der Waals surface area contributed by atoms with Crippen LogP contribution in [0.2, 0.25) is 10.2 Å². The largest absolute Gasteiger partial charge is 0.395 e. The number of aliphatic hydroxyl groups excluding tert-OH is 1. The van der Waals surface area contributed by atoms with Crippen LogP contribution >= 0.6 is 23.2 Å². The summed E-state index contributed by atoms with van der Waals surface area (Å²) in [7, 11) is 0. The number of rotatable bonds is 5. The minimum Gasteiger partial charge on any atom is -0.395 e. The summed E-state index contributed by atoms with van der Waals surface area (Å²) >= 11 is 11.4. The van der Waals surface area contributed by atoms with Crippen LogP contribution in [0.4, 0.5) is 8.78 Å². The summed E-state index contributed by atoms with van der Waals surface area (Å²) in [5.74, 6) is -0.723. The first-order valence-electron chi connectivity index (χ1n) is 4.95. The summed E-state index contributed by atoms with van der Waals surface area (Å²) in [5.41, 5.74) is -0.0224. The Morgan fingerprint density at radius 2 is 2.17 bits per heavy atom. The lowest BCUT2D eigenvalue weighted by atomic mass is 10.2. The molecule has 1 aromatic rings. The van der Waals surface area contributed by atoms with Crippen LogP contribution in [0.15, 0.2) is 12.3 Å². The van der Waals surface area contributed by atoms with Crippen molar-refractivity contribution >= 4 is 29.1 Å². The van der Waals surface area contributed by atoms with Gasteiger partial charge in [-0.25, -0.2) is 13.8 Å². The standard InChI is InChI=1S/C10H10Cl2F2N2O2/c11-7-4-15-8(12)3-6(7)10(18)16(1-2-17)5-9(13)14/h3-4,9,17H,1-2,5H2. The Hall–Kier alpha value is -0.980. The molecule has 0 aliphatic carbocycles. The topological polar surface area (TPSA) is 53.4 Å². The van der Waals surface area contributed by atoms with E-state index in [1.165, 1.54) is 6.07 Å². The second-order valence-corrected chi connectivity index (χ2v) is 4.15. The molecular weight excluding hydrogens is 289 g/mol. The van der Waals surface area contributed by atoms with Gasteiger partial charge >= 0.3 is 0 Å². The van der Waals surface area contributed by atoms with Crippen molar-refractivity contribution < 1.29 is 18.7 Å². The number of hydrogen-bond acceptors (Lipinski definition) is 3. The molecule has 0 bridgehead atoms. The van der Waals surface area contributed by atoms with Gasteiger partial charge in [-0.15, -0.1) is 0 Å². The third-order valence-corrected chi connectivity index (χ3v) is 2.58. The zero-order valence-electron chi connectivity index (χ0n) is 9.12. The maximum atomic E-state index is 12.3. The maximum absolute atomic E-state index is 12.3. The van der Waals surface area contributed by atoms with E-state index in [1.54, 1.807) is 0 Å². The third-order valence-electron chi connectivity index (χ3n) is 2.07. The molecular formula is C10H10Cl2F2N2O2. The normalized spacial score (nSPS) is 10.8. The molecule has 0 radical (unpaired) electrons. The van der Waals surface area contributed by atoms with E-state index >= 15 is 0 Å². The zero-order chi connectivity index (χ0) is 13.7. The number of halogens is 4. The molecule has 1 heterocycles. The molecule has 0 unspecified atom stereocenters. The number of carbonyl (C=O) groups excluding carboxylic acids is 1. The van der Waals surface area contributed by atoms with Crippen LogP contribution in [0.5, 0.6) is 0 Å². The van der Waals surface area contributed by atoms with Crippen molar-refractivity contribution in [3.05, 3.63) is 28.0 Å². The van der Waals surface area contributed by atoms with E-state index in [0.717, 1.165) is 11.1 Å². The number of alkyl halides is 2. The maximum Gasteiger partial charge on any atom is 0.255 e. The first-order chi connectivity index (χ1) is 8.45. The van der Waals surface area contributed by atoms with Crippen molar-refractivity contribution in [2.45, 2.75) is 6.43 Å². The van der Waals surface area contributed by atoms with Crippen molar-refractivity contribution in [3.63, 3.8) is 0 Å². The molecule has 0 saturated heterocycles. The molecule has 0 atom stereocenters. The van der Waals surface area contributed by atoms with Gasteiger partial charge in [0.05, 0.1) is 23.7 Å². The average Bonchev–Trinajstić information content (AvgIpc) is 2.30. The quantitative estimate of drug-likeness (QED) is 0.847. The lowest BCUT2D eigenvalue weighted by Crippen LogP contribution is -2.37. The summed E-state index contributed by atoms with van der Waals surface area (Å²) in [5, 5.41) is 8.81. The minimum absolute atomic E-state index is 0.0154. The molecule has 1 N–H and O–H groups in total.